The van der Waals surface area contributed by atoms with Crippen LogP contribution in [0.25, 0.3) is 22.4 Å². The molecule has 4 rings (SSSR count). The molecule has 0 amide bonds. The molecule has 1 nitrogen and oxygen atoms in total. The summed E-state index contributed by atoms with van der Waals surface area (Å²) >= 11 is 1.73. The monoisotopic (exact) mass is 333 g/mol. The summed E-state index contributed by atoms with van der Waals surface area (Å²) in [6.07, 6.45) is 3.92. The molecule has 0 bridgehead atoms. The van der Waals surface area contributed by atoms with E-state index < -0.39 is 0 Å². The van der Waals surface area contributed by atoms with E-state index in [4.69, 9.17) is 0 Å². The van der Waals surface area contributed by atoms with Crippen LogP contribution in [0.5, 0.6) is 0 Å². The third-order valence-electron chi connectivity index (χ3n) is 4.31. The van der Waals surface area contributed by atoms with Gasteiger partial charge in [0.2, 0.25) is 0 Å². The number of thioether (sulfide) groups is 1. The van der Waals surface area contributed by atoms with Gasteiger partial charge in [0.1, 0.15) is 5.82 Å². The fourth-order valence-electron chi connectivity index (χ4n) is 3.02. The van der Waals surface area contributed by atoms with Crippen molar-refractivity contribution in [3.63, 3.8) is 0 Å². The maximum absolute atomic E-state index is 14.2. The summed E-state index contributed by atoms with van der Waals surface area (Å²) in [6, 6.07) is 17.2. The number of benzene rings is 2. The second-order valence-electron chi connectivity index (χ2n) is 5.87. The molecule has 3 heteroatoms. The zero-order valence-electron chi connectivity index (χ0n) is 13.2. The van der Waals surface area contributed by atoms with Gasteiger partial charge in [-0.2, -0.15) is 0 Å². The minimum Gasteiger partial charge on any atom is -0.255 e. The van der Waals surface area contributed by atoms with Crippen molar-refractivity contribution in [2.45, 2.75) is 17.7 Å². The van der Waals surface area contributed by atoms with Crippen LogP contribution in [-0.4, -0.2) is 4.98 Å². The van der Waals surface area contributed by atoms with Crippen molar-refractivity contribution in [3.05, 3.63) is 83.7 Å². The minimum absolute atomic E-state index is 0.249. The van der Waals surface area contributed by atoms with Gasteiger partial charge >= 0.3 is 0 Å². The number of fused-ring (bicyclic) bond motifs is 1. The van der Waals surface area contributed by atoms with Gasteiger partial charge in [0, 0.05) is 28.1 Å². The normalized spacial score (nSPS) is 16.0. The molecule has 118 valence electrons. The summed E-state index contributed by atoms with van der Waals surface area (Å²) in [4.78, 5) is 5.71. The van der Waals surface area contributed by atoms with Gasteiger partial charge in [-0.25, -0.2) is 4.39 Å². The largest absolute Gasteiger partial charge is 0.255 e. The lowest BCUT2D eigenvalue weighted by Gasteiger charge is -2.18. The Morgan fingerprint density at radius 1 is 1.00 bits per heavy atom. The number of hydrogen-bond donors (Lipinski definition) is 0. The topological polar surface area (TPSA) is 12.9 Å². The van der Waals surface area contributed by atoms with Crippen molar-refractivity contribution in [1.82, 2.24) is 4.98 Å². The summed E-state index contributed by atoms with van der Waals surface area (Å²) in [5.74, 6) is 0.177. The number of rotatable bonds is 2. The van der Waals surface area contributed by atoms with E-state index >= 15 is 0 Å². The lowest BCUT2D eigenvalue weighted by molar-refractivity contribution is 0.631. The number of allylic oxidation sites excluding steroid dienone is 1. The van der Waals surface area contributed by atoms with Crippen LogP contribution in [0.4, 0.5) is 4.39 Å². The van der Waals surface area contributed by atoms with E-state index in [1.165, 1.54) is 16.5 Å². The molecule has 0 spiro atoms. The van der Waals surface area contributed by atoms with Gasteiger partial charge in [-0.15, -0.1) is 0 Å². The number of aromatic nitrogens is 1. The molecule has 0 fully saturated rings. The van der Waals surface area contributed by atoms with E-state index in [-0.39, 0.29) is 5.82 Å². The Labute approximate surface area is 145 Å². The molecule has 0 radical (unpaired) electrons. The molecule has 3 aromatic rings. The highest BCUT2D eigenvalue weighted by Crippen LogP contribution is 2.39. The summed E-state index contributed by atoms with van der Waals surface area (Å²) in [5.41, 5.74) is 4.57. The third kappa shape index (κ3) is 2.65. The molecule has 24 heavy (non-hydrogen) atoms. The smallest absolute Gasteiger partial charge is 0.132 e. The van der Waals surface area contributed by atoms with Gasteiger partial charge < -0.3 is 0 Å². The summed E-state index contributed by atoms with van der Waals surface area (Å²) in [5, 5.41) is 2.14. The van der Waals surface area contributed by atoms with Gasteiger partial charge in [0.25, 0.3) is 0 Å². The van der Waals surface area contributed by atoms with E-state index in [2.05, 4.69) is 41.6 Å². The van der Waals surface area contributed by atoms with Gasteiger partial charge in [0.15, 0.2) is 0 Å². The predicted molar refractivity (Wildman–Crippen MR) is 98.5 cm³/mol. The van der Waals surface area contributed by atoms with Gasteiger partial charge in [-0.3, -0.25) is 4.98 Å². The van der Waals surface area contributed by atoms with Crippen molar-refractivity contribution >= 4 is 11.8 Å². The molecule has 0 N–H and O–H groups in total. The van der Waals surface area contributed by atoms with Crippen molar-refractivity contribution in [1.29, 1.82) is 0 Å². The Bertz CT molecular complexity index is 933. The molecule has 1 aromatic heterocycles. The molecule has 1 atom stereocenters. The summed E-state index contributed by atoms with van der Waals surface area (Å²) < 4.78 is 14.2. The molecule has 0 saturated carbocycles. The molecule has 2 aromatic carbocycles. The lowest BCUT2D eigenvalue weighted by Crippen LogP contribution is -1.97. The second-order valence-corrected chi connectivity index (χ2v) is 6.81. The standard InChI is InChI=1S/C21H16FNS/c1-14-10-12-24-20-13-15(8-9-16(14)20)17-6-4-11-23-21(17)18-5-2-3-7-19(18)22/h2-14H,1H3. The summed E-state index contributed by atoms with van der Waals surface area (Å²) in [6.45, 7) is 2.20. The van der Waals surface area contributed by atoms with Crippen molar-refractivity contribution in [3.8, 4) is 22.4 Å². The third-order valence-corrected chi connectivity index (χ3v) is 5.21. The molecule has 1 unspecified atom stereocenters. The van der Waals surface area contributed by atoms with Gasteiger partial charge in [0.05, 0.1) is 5.69 Å². The average Bonchev–Trinajstić information content (AvgIpc) is 2.62. The summed E-state index contributed by atoms with van der Waals surface area (Å²) in [7, 11) is 0. The molecule has 1 aliphatic rings. The van der Waals surface area contributed by atoms with E-state index in [9.17, 15) is 4.39 Å². The van der Waals surface area contributed by atoms with Gasteiger partial charge in [-0.1, -0.05) is 55.1 Å². The predicted octanol–water partition coefficient (Wildman–Crippen LogP) is 6.28. The first-order valence-corrected chi connectivity index (χ1v) is 8.79. The molecular weight excluding hydrogens is 317 g/mol. The molecule has 0 saturated heterocycles. The van der Waals surface area contributed by atoms with Gasteiger partial charge in [-0.05, 0) is 40.8 Å². The van der Waals surface area contributed by atoms with Crippen molar-refractivity contribution in [2.75, 3.05) is 0 Å². The number of halogens is 1. The number of hydrogen-bond acceptors (Lipinski definition) is 2. The van der Waals surface area contributed by atoms with E-state index in [1.807, 2.05) is 18.2 Å². The first-order chi connectivity index (χ1) is 11.7. The van der Waals surface area contributed by atoms with E-state index in [0.29, 0.717) is 17.2 Å². The Morgan fingerprint density at radius 2 is 1.83 bits per heavy atom. The molecule has 1 aliphatic heterocycles. The number of nitrogens with zero attached hydrogens (tertiary/aromatic N) is 1. The van der Waals surface area contributed by atoms with Crippen LogP contribution in [0, 0.1) is 5.82 Å². The Balaban J connectivity index is 1.86. The van der Waals surface area contributed by atoms with Crippen LogP contribution in [0.1, 0.15) is 18.4 Å². The molecule has 2 heterocycles. The maximum atomic E-state index is 14.2. The van der Waals surface area contributed by atoms with Crippen LogP contribution in [0.3, 0.4) is 0 Å². The van der Waals surface area contributed by atoms with E-state index in [0.717, 1.165) is 11.1 Å². The first kappa shape index (κ1) is 15.2. The van der Waals surface area contributed by atoms with Crippen LogP contribution >= 0.6 is 11.8 Å². The zero-order valence-corrected chi connectivity index (χ0v) is 14.1. The van der Waals surface area contributed by atoms with Crippen LogP contribution in [0.15, 0.2) is 77.2 Å². The van der Waals surface area contributed by atoms with Crippen molar-refractivity contribution in [2.24, 2.45) is 0 Å². The highest BCUT2D eigenvalue weighted by atomic mass is 32.2. The lowest BCUT2D eigenvalue weighted by atomic mass is 9.95. The van der Waals surface area contributed by atoms with Crippen LogP contribution in [0.2, 0.25) is 0 Å². The van der Waals surface area contributed by atoms with Crippen molar-refractivity contribution < 1.29 is 4.39 Å². The molecule has 0 aliphatic carbocycles. The Hall–Kier alpha value is -2.39. The SMILES string of the molecule is CC1C=CSc2cc(-c3cccnc3-c3ccccc3F)ccc21. The average molecular weight is 333 g/mol. The Kier molecular flexibility index (Phi) is 3.95. The fraction of sp³-hybridized carbons (Fsp3) is 0.0952. The van der Waals surface area contributed by atoms with Crippen LogP contribution in [-0.2, 0) is 0 Å². The first-order valence-electron chi connectivity index (χ1n) is 7.91. The molecular formula is C21H16FNS. The fourth-order valence-corrected chi connectivity index (χ4v) is 4.07. The quantitative estimate of drug-likeness (QED) is 0.547. The Morgan fingerprint density at radius 3 is 2.71 bits per heavy atom. The highest BCUT2D eigenvalue weighted by Gasteiger charge is 2.16. The van der Waals surface area contributed by atoms with Crippen LogP contribution < -0.4 is 0 Å². The number of pyridine rings is 1. The van der Waals surface area contributed by atoms with E-state index in [1.54, 1.807) is 30.1 Å². The minimum atomic E-state index is -0.249. The highest BCUT2D eigenvalue weighted by molar-refractivity contribution is 8.02. The zero-order chi connectivity index (χ0) is 16.5. The maximum Gasteiger partial charge on any atom is 0.132 e. The second kappa shape index (κ2) is 6.25.